The van der Waals surface area contributed by atoms with E-state index in [2.05, 4.69) is 32.7 Å². The molecule has 0 aliphatic carbocycles. The molecule has 0 fully saturated rings. The zero-order valence-electron chi connectivity index (χ0n) is 12.5. The Labute approximate surface area is 129 Å². The van der Waals surface area contributed by atoms with Gasteiger partial charge in [-0.2, -0.15) is 0 Å². The van der Waals surface area contributed by atoms with Gasteiger partial charge in [-0.25, -0.2) is 0 Å². The van der Waals surface area contributed by atoms with Gasteiger partial charge in [-0.15, -0.1) is 11.3 Å². The second-order valence-corrected chi connectivity index (χ2v) is 6.01. The smallest absolute Gasteiger partial charge is 0.188 e. The summed E-state index contributed by atoms with van der Waals surface area (Å²) in [5, 5.41) is 5.23. The standard InChI is InChI=1S/C15H22N4OS/c1-19(2)13(14-6-3-9-20-14)11-18-15(16)17-8-7-12-5-4-10-21-12/h3-6,9-10,13H,7-8,11H2,1-2H3,(H3,16,17,18). The minimum atomic E-state index is 0.0950. The Kier molecular flexibility index (Phi) is 5.83. The minimum Gasteiger partial charge on any atom is -0.468 e. The number of hydrogen-bond acceptors (Lipinski definition) is 4. The van der Waals surface area contributed by atoms with Gasteiger partial charge in [0.1, 0.15) is 5.76 Å². The van der Waals surface area contributed by atoms with Crippen molar-refractivity contribution in [2.75, 3.05) is 27.2 Å². The Bertz CT molecular complexity index is 534. The van der Waals surface area contributed by atoms with E-state index in [0.29, 0.717) is 12.5 Å². The summed E-state index contributed by atoms with van der Waals surface area (Å²) in [4.78, 5) is 7.82. The van der Waals surface area contributed by atoms with Crippen LogP contribution >= 0.6 is 11.3 Å². The second-order valence-electron chi connectivity index (χ2n) is 4.98. The van der Waals surface area contributed by atoms with Crippen LogP contribution in [-0.4, -0.2) is 38.0 Å². The molecule has 21 heavy (non-hydrogen) atoms. The highest BCUT2D eigenvalue weighted by atomic mass is 32.1. The fraction of sp³-hybridized carbons (Fsp3) is 0.400. The van der Waals surface area contributed by atoms with Gasteiger partial charge in [0, 0.05) is 11.4 Å². The molecular formula is C15H22N4OS. The lowest BCUT2D eigenvalue weighted by atomic mass is 10.2. The average Bonchev–Trinajstić information content (AvgIpc) is 3.11. The number of aliphatic imine (C=N–C) groups is 1. The zero-order valence-corrected chi connectivity index (χ0v) is 13.3. The molecule has 0 aliphatic heterocycles. The molecule has 3 N–H and O–H groups in total. The van der Waals surface area contributed by atoms with E-state index in [0.717, 1.165) is 18.7 Å². The first-order valence-electron chi connectivity index (χ1n) is 6.93. The molecule has 0 spiro atoms. The number of hydrogen-bond donors (Lipinski definition) is 2. The van der Waals surface area contributed by atoms with Gasteiger partial charge in [0.15, 0.2) is 5.96 Å². The quantitative estimate of drug-likeness (QED) is 0.607. The van der Waals surface area contributed by atoms with E-state index in [9.17, 15) is 0 Å². The maximum Gasteiger partial charge on any atom is 0.188 e. The van der Waals surface area contributed by atoms with E-state index >= 15 is 0 Å². The summed E-state index contributed by atoms with van der Waals surface area (Å²) >= 11 is 1.76. The van der Waals surface area contributed by atoms with Gasteiger partial charge in [0.05, 0.1) is 18.8 Å². The van der Waals surface area contributed by atoms with Crippen molar-refractivity contribution in [1.82, 2.24) is 10.2 Å². The van der Waals surface area contributed by atoms with Crippen molar-refractivity contribution >= 4 is 17.3 Å². The van der Waals surface area contributed by atoms with Gasteiger partial charge >= 0.3 is 0 Å². The van der Waals surface area contributed by atoms with Crippen LogP contribution in [0.2, 0.25) is 0 Å². The van der Waals surface area contributed by atoms with E-state index in [-0.39, 0.29) is 6.04 Å². The van der Waals surface area contributed by atoms with Crippen LogP contribution in [0.1, 0.15) is 16.7 Å². The zero-order chi connectivity index (χ0) is 15.1. The number of rotatable bonds is 7. The molecule has 0 amide bonds. The second kappa shape index (κ2) is 7.85. The molecule has 1 atom stereocenters. The summed E-state index contributed by atoms with van der Waals surface area (Å²) < 4.78 is 5.45. The normalized spacial score (nSPS) is 13.6. The highest BCUT2D eigenvalue weighted by molar-refractivity contribution is 7.09. The van der Waals surface area contributed by atoms with Crippen LogP contribution in [0.25, 0.3) is 0 Å². The van der Waals surface area contributed by atoms with Crippen LogP contribution in [0, 0.1) is 0 Å². The van der Waals surface area contributed by atoms with Crippen molar-refractivity contribution in [3.05, 3.63) is 46.5 Å². The number of nitrogens with one attached hydrogen (secondary N) is 1. The van der Waals surface area contributed by atoms with Gasteiger partial charge in [-0.05, 0) is 44.1 Å². The highest BCUT2D eigenvalue weighted by Gasteiger charge is 2.16. The molecule has 5 nitrogen and oxygen atoms in total. The largest absolute Gasteiger partial charge is 0.468 e. The molecule has 0 radical (unpaired) electrons. The maximum absolute atomic E-state index is 5.91. The summed E-state index contributed by atoms with van der Waals surface area (Å²) in [5.74, 6) is 1.38. The minimum absolute atomic E-state index is 0.0950. The van der Waals surface area contributed by atoms with Gasteiger partial charge in [0.25, 0.3) is 0 Å². The number of likely N-dealkylation sites (N-methyl/N-ethyl adjacent to an activating group) is 1. The summed E-state index contributed by atoms with van der Waals surface area (Å²) in [6.07, 6.45) is 2.64. The molecule has 0 bridgehead atoms. The van der Waals surface area contributed by atoms with Crippen molar-refractivity contribution in [3.8, 4) is 0 Å². The molecule has 0 aromatic carbocycles. The number of furan rings is 1. The Morgan fingerprint density at radius 1 is 1.43 bits per heavy atom. The number of guanidine groups is 1. The van der Waals surface area contributed by atoms with Crippen LogP contribution in [0.4, 0.5) is 0 Å². The average molecular weight is 306 g/mol. The van der Waals surface area contributed by atoms with Crippen LogP contribution < -0.4 is 11.1 Å². The fourth-order valence-corrected chi connectivity index (χ4v) is 2.71. The molecule has 0 saturated carbocycles. The van der Waals surface area contributed by atoms with E-state index in [1.807, 2.05) is 26.2 Å². The summed E-state index contributed by atoms with van der Waals surface area (Å²) in [6.45, 7) is 1.36. The molecule has 0 saturated heterocycles. The molecule has 2 rings (SSSR count). The fourth-order valence-electron chi connectivity index (χ4n) is 2.00. The van der Waals surface area contributed by atoms with E-state index in [1.165, 1.54) is 4.88 Å². The third-order valence-electron chi connectivity index (χ3n) is 3.19. The van der Waals surface area contributed by atoms with Crippen LogP contribution in [0.3, 0.4) is 0 Å². The summed E-state index contributed by atoms with van der Waals surface area (Å²) in [7, 11) is 4.01. The third kappa shape index (κ3) is 4.91. The van der Waals surface area contributed by atoms with Crippen molar-refractivity contribution in [1.29, 1.82) is 0 Å². The predicted molar refractivity (Wildman–Crippen MR) is 87.7 cm³/mol. The topological polar surface area (TPSA) is 66.8 Å². The SMILES string of the molecule is CN(C)C(CN=C(N)NCCc1cccs1)c1ccco1. The Hall–Kier alpha value is -1.79. The van der Waals surface area contributed by atoms with Crippen molar-refractivity contribution in [2.45, 2.75) is 12.5 Å². The third-order valence-corrected chi connectivity index (χ3v) is 4.12. The summed E-state index contributed by atoms with van der Waals surface area (Å²) in [6, 6.07) is 8.12. The molecule has 2 aromatic rings. The first-order valence-corrected chi connectivity index (χ1v) is 7.81. The number of thiophene rings is 1. The number of nitrogens with two attached hydrogens (primary N) is 1. The van der Waals surface area contributed by atoms with Crippen LogP contribution in [-0.2, 0) is 6.42 Å². The van der Waals surface area contributed by atoms with Crippen molar-refractivity contribution < 1.29 is 4.42 Å². The molecular weight excluding hydrogens is 284 g/mol. The van der Waals surface area contributed by atoms with Gasteiger partial charge in [0.2, 0.25) is 0 Å². The molecule has 2 heterocycles. The molecule has 114 valence electrons. The number of nitrogens with zero attached hydrogens (tertiary/aromatic N) is 2. The van der Waals surface area contributed by atoms with Crippen molar-refractivity contribution in [2.24, 2.45) is 10.7 Å². The lowest BCUT2D eigenvalue weighted by Gasteiger charge is -2.20. The van der Waals surface area contributed by atoms with Gasteiger partial charge in [-0.3, -0.25) is 9.89 Å². The lowest BCUT2D eigenvalue weighted by molar-refractivity contribution is 0.265. The van der Waals surface area contributed by atoms with Crippen molar-refractivity contribution in [3.63, 3.8) is 0 Å². The first kappa shape index (κ1) is 15.6. The van der Waals surface area contributed by atoms with Gasteiger partial charge in [-0.1, -0.05) is 6.07 Å². The van der Waals surface area contributed by atoms with Crippen LogP contribution in [0.5, 0.6) is 0 Å². The van der Waals surface area contributed by atoms with Crippen LogP contribution in [0.15, 0.2) is 45.3 Å². The Morgan fingerprint density at radius 2 is 2.29 bits per heavy atom. The molecule has 6 heteroatoms. The van der Waals surface area contributed by atoms with E-state index < -0.39 is 0 Å². The first-order chi connectivity index (χ1) is 10.2. The van der Waals surface area contributed by atoms with E-state index in [1.54, 1.807) is 17.6 Å². The highest BCUT2D eigenvalue weighted by Crippen LogP contribution is 2.18. The Balaban J connectivity index is 1.80. The molecule has 1 unspecified atom stereocenters. The molecule has 0 aliphatic rings. The predicted octanol–water partition coefficient (Wildman–Crippen LogP) is 2.09. The van der Waals surface area contributed by atoms with E-state index in [4.69, 9.17) is 10.2 Å². The lowest BCUT2D eigenvalue weighted by Crippen LogP contribution is -2.34. The Morgan fingerprint density at radius 3 is 2.90 bits per heavy atom. The van der Waals surface area contributed by atoms with Gasteiger partial charge < -0.3 is 15.5 Å². The monoisotopic (exact) mass is 306 g/mol. The molecule has 2 aromatic heterocycles. The summed E-state index contributed by atoms with van der Waals surface area (Å²) in [5.41, 5.74) is 5.91. The maximum atomic E-state index is 5.91.